The standard InChI is InChI=1S/C20H34FN5.HI/c1-4-22-20(24-16-18-7-8-19(21)17(2)15-18)23-9-5-11-26-12-6-10-25(3)13-14-26;/h7-8,15H,4-6,9-14,16H2,1-3H3,(H2,22,23,24);1H. The largest absolute Gasteiger partial charge is 0.357 e. The van der Waals surface area contributed by atoms with Crippen molar-refractivity contribution in [3.05, 3.63) is 35.1 Å². The average Bonchev–Trinajstić information content (AvgIpc) is 2.83. The number of nitrogens with zero attached hydrogens (tertiary/aromatic N) is 3. The van der Waals surface area contributed by atoms with Crippen molar-refractivity contribution >= 4 is 29.9 Å². The SMILES string of the molecule is CCNC(=NCc1ccc(F)c(C)c1)NCCCN1CCCN(C)CC1.I. The van der Waals surface area contributed by atoms with E-state index in [1.807, 2.05) is 6.07 Å². The van der Waals surface area contributed by atoms with Crippen LogP contribution in [0, 0.1) is 12.7 Å². The van der Waals surface area contributed by atoms with Gasteiger partial charge in [0, 0.05) is 26.2 Å². The third kappa shape index (κ3) is 9.21. The Kier molecular flexibility index (Phi) is 11.9. The van der Waals surface area contributed by atoms with E-state index in [0.29, 0.717) is 12.1 Å². The minimum Gasteiger partial charge on any atom is -0.357 e. The predicted molar refractivity (Wildman–Crippen MR) is 123 cm³/mol. The van der Waals surface area contributed by atoms with Crippen LogP contribution in [0.4, 0.5) is 4.39 Å². The van der Waals surface area contributed by atoms with E-state index < -0.39 is 0 Å². The van der Waals surface area contributed by atoms with Crippen LogP contribution in [0.3, 0.4) is 0 Å². The summed E-state index contributed by atoms with van der Waals surface area (Å²) in [6.45, 7) is 12.0. The molecule has 1 saturated heterocycles. The maximum atomic E-state index is 13.4. The summed E-state index contributed by atoms with van der Waals surface area (Å²) in [4.78, 5) is 9.58. The molecule has 0 aliphatic carbocycles. The summed E-state index contributed by atoms with van der Waals surface area (Å²) in [5.74, 6) is 0.660. The van der Waals surface area contributed by atoms with E-state index in [1.165, 1.54) is 25.6 Å². The second kappa shape index (κ2) is 13.3. The molecule has 1 aromatic carbocycles. The van der Waals surface area contributed by atoms with Gasteiger partial charge in [0.25, 0.3) is 0 Å². The summed E-state index contributed by atoms with van der Waals surface area (Å²) in [6, 6.07) is 5.17. The molecule has 0 atom stereocenters. The van der Waals surface area contributed by atoms with Crippen LogP contribution in [0.1, 0.15) is 30.9 Å². The Morgan fingerprint density at radius 3 is 2.74 bits per heavy atom. The van der Waals surface area contributed by atoms with E-state index in [-0.39, 0.29) is 29.8 Å². The van der Waals surface area contributed by atoms with E-state index in [4.69, 9.17) is 0 Å². The molecule has 0 unspecified atom stereocenters. The van der Waals surface area contributed by atoms with E-state index in [1.54, 1.807) is 13.0 Å². The monoisotopic (exact) mass is 491 g/mol. The summed E-state index contributed by atoms with van der Waals surface area (Å²) < 4.78 is 13.4. The molecular formula is C20H35FIN5. The third-order valence-corrected chi connectivity index (χ3v) is 4.74. The Balaban J connectivity index is 0.00000364. The van der Waals surface area contributed by atoms with Crippen LogP contribution in [0.2, 0.25) is 0 Å². The first-order valence-corrected chi connectivity index (χ1v) is 9.76. The Hall–Kier alpha value is -0.930. The van der Waals surface area contributed by atoms with Gasteiger partial charge in [-0.05, 0) is 70.6 Å². The van der Waals surface area contributed by atoms with Gasteiger partial charge in [-0.15, -0.1) is 24.0 Å². The maximum Gasteiger partial charge on any atom is 0.191 e. The lowest BCUT2D eigenvalue weighted by Gasteiger charge is -2.20. The highest BCUT2D eigenvalue weighted by Crippen LogP contribution is 2.10. The zero-order chi connectivity index (χ0) is 18.8. The van der Waals surface area contributed by atoms with Crippen LogP contribution in [0.15, 0.2) is 23.2 Å². The quantitative estimate of drug-likeness (QED) is 0.267. The van der Waals surface area contributed by atoms with Gasteiger partial charge in [0.1, 0.15) is 5.82 Å². The van der Waals surface area contributed by atoms with Crippen molar-refractivity contribution in [3.63, 3.8) is 0 Å². The van der Waals surface area contributed by atoms with Gasteiger partial charge in [-0.3, -0.25) is 0 Å². The van der Waals surface area contributed by atoms with Crippen LogP contribution >= 0.6 is 24.0 Å². The number of halogens is 2. The minimum absolute atomic E-state index is 0. The fourth-order valence-electron chi connectivity index (χ4n) is 3.15. The molecule has 27 heavy (non-hydrogen) atoms. The second-order valence-electron chi connectivity index (χ2n) is 7.06. The van der Waals surface area contributed by atoms with E-state index in [2.05, 4.69) is 39.4 Å². The van der Waals surface area contributed by atoms with Crippen molar-refractivity contribution in [2.24, 2.45) is 4.99 Å². The van der Waals surface area contributed by atoms with Gasteiger partial charge < -0.3 is 20.4 Å². The zero-order valence-electron chi connectivity index (χ0n) is 16.9. The summed E-state index contributed by atoms with van der Waals surface area (Å²) in [5, 5.41) is 6.69. The highest BCUT2D eigenvalue weighted by Gasteiger charge is 2.11. The fraction of sp³-hybridized carbons (Fsp3) is 0.650. The number of rotatable bonds is 7. The van der Waals surface area contributed by atoms with Crippen LogP contribution in [0.25, 0.3) is 0 Å². The smallest absolute Gasteiger partial charge is 0.191 e. The van der Waals surface area contributed by atoms with Crippen LogP contribution in [0.5, 0.6) is 0 Å². The van der Waals surface area contributed by atoms with Gasteiger partial charge in [0.2, 0.25) is 0 Å². The van der Waals surface area contributed by atoms with Crippen molar-refractivity contribution < 1.29 is 4.39 Å². The number of hydrogen-bond donors (Lipinski definition) is 2. The molecule has 7 heteroatoms. The van der Waals surface area contributed by atoms with E-state index >= 15 is 0 Å². The lowest BCUT2D eigenvalue weighted by molar-refractivity contribution is 0.274. The molecule has 1 heterocycles. The molecule has 154 valence electrons. The molecule has 1 aliphatic heterocycles. The first-order valence-electron chi connectivity index (χ1n) is 9.76. The van der Waals surface area contributed by atoms with Crippen LogP contribution in [-0.2, 0) is 6.54 Å². The van der Waals surface area contributed by atoms with Crippen molar-refractivity contribution in [1.82, 2.24) is 20.4 Å². The Morgan fingerprint density at radius 1 is 1.19 bits per heavy atom. The molecule has 0 aromatic heterocycles. The highest BCUT2D eigenvalue weighted by molar-refractivity contribution is 14.0. The molecule has 2 N–H and O–H groups in total. The summed E-state index contributed by atoms with van der Waals surface area (Å²) in [6.07, 6.45) is 2.36. The van der Waals surface area contributed by atoms with Gasteiger partial charge in [0.05, 0.1) is 6.54 Å². The molecule has 0 amide bonds. The van der Waals surface area contributed by atoms with E-state index in [0.717, 1.165) is 50.7 Å². The van der Waals surface area contributed by atoms with E-state index in [9.17, 15) is 4.39 Å². The number of hydrogen-bond acceptors (Lipinski definition) is 3. The molecule has 0 saturated carbocycles. The molecule has 0 radical (unpaired) electrons. The Morgan fingerprint density at radius 2 is 2.00 bits per heavy atom. The highest BCUT2D eigenvalue weighted by atomic mass is 127. The molecule has 2 rings (SSSR count). The van der Waals surface area contributed by atoms with Gasteiger partial charge in [-0.1, -0.05) is 12.1 Å². The zero-order valence-corrected chi connectivity index (χ0v) is 19.3. The predicted octanol–water partition coefficient (Wildman–Crippen LogP) is 2.83. The lowest BCUT2D eigenvalue weighted by atomic mass is 10.1. The summed E-state index contributed by atoms with van der Waals surface area (Å²) in [5.41, 5.74) is 1.69. The van der Waals surface area contributed by atoms with Crippen molar-refractivity contribution in [1.29, 1.82) is 0 Å². The van der Waals surface area contributed by atoms with Crippen molar-refractivity contribution in [3.8, 4) is 0 Å². The first kappa shape index (κ1) is 24.1. The number of likely N-dealkylation sites (N-methyl/N-ethyl adjacent to an activating group) is 1. The first-order chi connectivity index (χ1) is 12.6. The molecule has 0 spiro atoms. The summed E-state index contributed by atoms with van der Waals surface area (Å²) in [7, 11) is 2.20. The number of benzene rings is 1. The maximum absolute atomic E-state index is 13.4. The molecule has 0 bridgehead atoms. The second-order valence-corrected chi connectivity index (χ2v) is 7.06. The molecular weight excluding hydrogens is 456 g/mol. The van der Waals surface area contributed by atoms with Crippen LogP contribution in [-0.4, -0.2) is 68.6 Å². The molecule has 5 nitrogen and oxygen atoms in total. The van der Waals surface area contributed by atoms with Gasteiger partial charge in [-0.2, -0.15) is 0 Å². The lowest BCUT2D eigenvalue weighted by Crippen LogP contribution is -2.39. The van der Waals surface area contributed by atoms with Gasteiger partial charge in [-0.25, -0.2) is 9.38 Å². The van der Waals surface area contributed by atoms with Gasteiger partial charge in [0.15, 0.2) is 5.96 Å². The molecule has 1 fully saturated rings. The number of nitrogens with one attached hydrogen (secondary N) is 2. The fourth-order valence-corrected chi connectivity index (χ4v) is 3.15. The van der Waals surface area contributed by atoms with Crippen molar-refractivity contribution in [2.75, 3.05) is 52.9 Å². The normalized spacial score (nSPS) is 16.5. The average molecular weight is 491 g/mol. The minimum atomic E-state index is -0.164. The number of aryl methyl sites for hydroxylation is 1. The van der Waals surface area contributed by atoms with Gasteiger partial charge >= 0.3 is 0 Å². The topological polar surface area (TPSA) is 42.9 Å². The molecule has 1 aliphatic rings. The Bertz CT molecular complexity index is 581. The van der Waals surface area contributed by atoms with Crippen LogP contribution < -0.4 is 10.6 Å². The third-order valence-electron chi connectivity index (χ3n) is 4.74. The Labute approximate surface area is 180 Å². The molecule has 1 aromatic rings. The number of guanidine groups is 1. The summed E-state index contributed by atoms with van der Waals surface area (Å²) >= 11 is 0. The number of aliphatic imine (C=N–C) groups is 1. The van der Waals surface area contributed by atoms with Crippen molar-refractivity contribution in [2.45, 2.75) is 33.2 Å².